The third-order valence-electron chi connectivity index (χ3n) is 4.05. The zero-order valence-electron chi connectivity index (χ0n) is 12.3. The minimum Gasteiger partial charge on any atom is -0.497 e. The normalized spacial score (nSPS) is 21.8. The minimum absolute atomic E-state index is 0.114. The van der Waals surface area contributed by atoms with E-state index in [9.17, 15) is 4.79 Å². The molecule has 2 atom stereocenters. The summed E-state index contributed by atoms with van der Waals surface area (Å²) in [5.41, 5.74) is 7.03. The van der Waals surface area contributed by atoms with E-state index in [1.807, 2.05) is 36.1 Å². The fraction of sp³-hybridized carbons (Fsp3) is 0.562. The van der Waals surface area contributed by atoms with Crippen molar-refractivity contribution in [3.8, 4) is 5.75 Å². The maximum Gasteiger partial charge on any atom is 0.226 e. The van der Waals surface area contributed by atoms with E-state index in [-0.39, 0.29) is 17.9 Å². The Labute approximate surface area is 120 Å². The summed E-state index contributed by atoms with van der Waals surface area (Å²) in [5.74, 6) is 1.20. The molecular formula is C16H24N2O2. The van der Waals surface area contributed by atoms with Crippen molar-refractivity contribution < 1.29 is 9.53 Å². The molecule has 4 heteroatoms. The summed E-state index contributed by atoms with van der Waals surface area (Å²) >= 11 is 0. The maximum atomic E-state index is 12.5. The maximum absolute atomic E-state index is 12.5. The Bertz CT molecular complexity index is 444. The lowest BCUT2D eigenvalue weighted by Gasteiger charge is -2.24. The highest BCUT2D eigenvalue weighted by atomic mass is 16.5. The topological polar surface area (TPSA) is 55.6 Å². The van der Waals surface area contributed by atoms with Crippen LogP contribution >= 0.6 is 0 Å². The second-order valence-electron chi connectivity index (χ2n) is 5.47. The zero-order chi connectivity index (χ0) is 14.5. The van der Waals surface area contributed by atoms with E-state index < -0.39 is 0 Å². The van der Waals surface area contributed by atoms with Gasteiger partial charge >= 0.3 is 0 Å². The lowest BCUT2D eigenvalue weighted by atomic mass is 10.1. The van der Waals surface area contributed by atoms with E-state index in [2.05, 4.69) is 0 Å². The van der Waals surface area contributed by atoms with Gasteiger partial charge in [-0.05, 0) is 43.9 Å². The predicted molar refractivity (Wildman–Crippen MR) is 79.4 cm³/mol. The zero-order valence-corrected chi connectivity index (χ0v) is 12.3. The molecule has 1 aromatic rings. The Kier molecular flexibility index (Phi) is 5.01. The first-order valence-electron chi connectivity index (χ1n) is 7.31. The molecule has 1 amide bonds. The molecular weight excluding hydrogens is 252 g/mol. The van der Waals surface area contributed by atoms with Crippen molar-refractivity contribution in [2.75, 3.05) is 13.7 Å². The van der Waals surface area contributed by atoms with E-state index >= 15 is 0 Å². The molecule has 2 N–H and O–H groups in total. The quantitative estimate of drug-likeness (QED) is 0.896. The third-order valence-corrected chi connectivity index (χ3v) is 4.05. The lowest BCUT2D eigenvalue weighted by molar-refractivity contribution is -0.135. The van der Waals surface area contributed by atoms with Crippen molar-refractivity contribution in [3.05, 3.63) is 29.8 Å². The molecule has 0 bridgehead atoms. The van der Waals surface area contributed by atoms with E-state index in [1.165, 1.54) is 0 Å². The second-order valence-corrected chi connectivity index (χ2v) is 5.47. The Balaban J connectivity index is 1.98. The van der Waals surface area contributed by atoms with E-state index in [4.69, 9.17) is 10.5 Å². The number of benzene rings is 1. The van der Waals surface area contributed by atoms with Crippen molar-refractivity contribution in [3.63, 3.8) is 0 Å². The molecule has 110 valence electrons. The summed E-state index contributed by atoms with van der Waals surface area (Å²) in [6.45, 7) is 3.41. The summed E-state index contributed by atoms with van der Waals surface area (Å²) in [4.78, 5) is 14.4. The molecule has 0 heterocycles. The number of carbonyl (C=O) groups excluding carboxylic acids is 1. The van der Waals surface area contributed by atoms with Crippen LogP contribution in [0.1, 0.15) is 31.7 Å². The summed E-state index contributed by atoms with van der Waals surface area (Å²) in [6.07, 6.45) is 2.73. The highest BCUT2D eigenvalue weighted by Crippen LogP contribution is 2.26. The van der Waals surface area contributed by atoms with Crippen LogP contribution in [0.15, 0.2) is 24.3 Å². The molecule has 0 saturated heterocycles. The van der Waals surface area contributed by atoms with Gasteiger partial charge in [-0.3, -0.25) is 4.79 Å². The third kappa shape index (κ3) is 3.51. The fourth-order valence-electron chi connectivity index (χ4n) is 2.80. The molecule has 2 rings (SSSR count). The predicted octanol–water partition coefficient (Wildman–Crippen LogP) is 2.17. The minimum atomic E-state index is 0.114. The first-order valence-corrected chi connectivity index (χ1v) is 7.31. The standard InChI is InChI=1S/C16H24N2O2/c1-3-18(16(19)13-6-7-14(17)10-13)11-12-4-8-15(20-2)9-5-12/h4-5,8-9,13-14H,3,6-7,10-11,17H2,1-2H3. The van der Waals surface area contributed by atoms with Gasteiger partial charge < -0.3 is 15.4 Å². The first-order chi connectivity index (χ1) is 9.63. The fourth-order valence-corrected chi connectivity index (χ4v) is 2.80. The van der Waals surface area contributed by atoms with Crippen molar-refractivity contribution >= 4 is 5.91 Å². The van der Waals surface area contributed by atoms with Gasteiger partial charge in [0.1, 0.15) is 5.75 Å². The number of nitrogens with two attached hydrogens (primary N) is 1. The van der Waals surface area contributed by atoms with Crippen molar-refractivity contribution in [2.45, 2.75) is 38.8 Å². The van der Waals surface area contributed by atoms with Crippen LogP contribution in [0.3, 0.4) is 0 Å². The summed E-state index contributed by atoms with van der Waals surface area (Å²) in [5, 5.41) is 0. The van der Waals surface area contributed by atoms with Crippen LogP contribution < -0.4 is 10.5 Å². The molecule has 1 fully saturated rings. The molecule has 0 spiro atoms. The molecule has 4 nitrogen and oxygen atoms in total. The average Bonchev–Trinajstić information content (AvgIpc) is 2.91. The molecule has 0 aliphatic heterocycles. The number of ether oxygens (including phenoxy) is 1. The van der Waals surface area contributed by atoms with Crippen molar-refractivity contribution in [1.29, 1.82) is 0 Å². The van der Waals surface area contributed by atoms with E-state index in [0.29, 0.717) is 6.54 Å². The van der Waals surface area contributed by atoms with Crippen LogP contribution in [-0.2, 0) is 11.3 Å². The van der Waals surface area contributed by atoms with Crippen LogP contribution in [0.5, 0.6) is 5.75 Å². The number of nitrogens with zero attached hydrogens (tertiary/aromatic N) is 1. The Morgan fingerprint density at radius 1 is 1.35 bits per heavy atom. The van der Waals surface area contributed by atoms with Gasteiger partial charge in [-0.15, -0.1) is 0 Å². The van der Waals surface area contributed by atoms with Crippen molar-refractivity contribution in [2.24, 2.45) is 11.7 Å². The Morgan fingerprint density at radius 2 is 2.05 bits per heavy atom. The second kappa shape index (κ2) is 6.75. The number of carbonyl (C=O) groups is 1. The smallest absolute Gasteiger partial charge is 0.226 e. The van der Waals surface area contributed by atoms with E-state index in [0.717, 1.165) is 37.1 Å². The van der Waals surface area contributed by atoms with Crippen molar-refractivity contribution in [1.82, 2.24) is 4.90 Å². The highest BCUT2D eigenvalue weighted by molar-refractivity contribution is 5.79. The van der Waals surface area contributed by atoms with Gasteiger partial charge in [0.05, 0.1) is 7.11 Å². The summed E-state index contributed by atoms with van der Waals surface area (Å²) in [7, 11) is 1.65. The molecule has 0 radical (unpaired) electrons. The largest absolute Gasteiger partial charge is 0.497 e. The number of hydrogen-bond donors (Lipinski definition) is 1. The number of methoxy groups -OCH3 is 1. The van der Waals surface area contributed by atoms with Crippen LogP contribution in [0.2, 0.25) is 0 Å². The first kappa shape index (κ1) is 14.9. The van der Waals surface area contributed by atoms with Crippen LogP contribution in [0, 0.1) is 5.92 Å². The molecule has 1 aliphatic carbocycles. The van der Waals surface area contributed by atoms with Gasteiger partial charge in [0.2, 0.25) is 5.91 Å². The van der Waals surface area contributed by atoms with Gasteiger partial charge in [0, 0.05) is 25.0 Å². The Morgan fingerprint density at radius 3 is 2.55 bits per heavy atom. The van der Waals surface area contributed by atoms with Crippen LogP contribution in [0.25, 0.3) is 0 Å². The van der Waals surface area contributed by atoms with Gasteiger partial charge in [-0.2, -0.15) is 0 Å². The van der Waals surface area contributed by atoms with Gasteiger partial charge in [-0.25, -0.2) is 0 Å². The molecule has 2 unspecified atom stereocenters. The molecule has 1 aliphatic rings. The number of hydrogen-bond acceptors (Lipinski definition) is 3. The number of rotatable bonds is 5. The average molecular weight is 276 g/mol. The summed E-state index contributed by atoms with van der Waals surface area (Å²) in [6, 6.07) is 8.08. The van der Waals surface area contributed by atoms with Crippen LogP contribution in [0.4, 0.5) is 0 Å². The van der Waals surface area contributed by atoms with Crippen LogP contribution in [-0.4, -0.2) is 30.5 Å². The SMILES string of the molecule is CCN(Cc1ccc(OC)cc1)C(=O)C1CCC(N)C1. The lowest BCUT2D eigenvalue weighted by Crippen LogP contribution is -2.35. The highest BCUT2D eigenvalue weighted by Gasteiger charge is 2.30. The molecule has 1 saturated carbocycles. The van der Waals surface area contributed by atoms with Gasteiger partial charge in [0.25, 0.3) is 0 Å². The Hall–Kier alpha value is -1.55. The van der Waals surface area contributed by atoms with Gasteiger partial charge in [0.15, 0.2) is 0 Å². The molecule has 1 aromatic carbocycles. The van der Waals surface area contributed by atoms with E-state index in [1.54, 1.807) is 7.11 Å². The molecule has 20 heavy (non-hydrogen) atoms. The van der Waals surface area contributed by atoms with Gasteiger partial charge in [-0.1, -0.05) is 12.1 Å². The molecule has 0 aromatic heterocycles. The number of amides is 1. The summed E-state index contributed by atoms with van der Waals surface area (Å²) < 4.78 is 5.15. The monoisotopic (exact) mass is 276 g/mol.